The van der Waals surface area contributed by atoms with Crippen molar-refractivity contribution in [1.82, 2.24) is 15.0 Å². The van der Waals surface area contributed by atoms with Gasteiger partial charge in [0.25, 0.3) is 0 Å². The molecule has 0 spiro atoms. The van der Waals surface area contributed by atoms with Crippen molar-refractivity contribution in [3.63, 3.8) is 0 Å². The maximum Gasteiger partial charge on any atom is 0.433 e. The summed E-state index contributed by atoms with van der Waals surface area (Å²) in [5.41, 5.74) is -0.00231. The van der Waals surface area contributed by atoms with Gasteiger partial charge in [0.15, 0.2) is 11.5 Å². The molecule has 0 bridgehead atoms. The highest BCUT2D eigenvalue weighted by Crippen LogP contribution is 2.31. The van der Waals surface area contributed by atoms with Crippen molar-refractivity contribution in [3.8, 4) is 17.1 Å². The van der Waals surface area contributed by atoms with E-state index in [0.717, 1.165) is 6.07 Å². The minimum atomic E-state index is -4.58. The molecule has 1 N–H and O–H groups in total. The van der Waals surface area contributed by atoms with Crippen molar-refractivity contribution < 1.29 is 17.9 Å². The van der Waals surface area contributed by atoms with E-state index in [4.69, 9.17) is 4.74 Å². The van der Waals surface area contributed by atoms with Crippen molar-refractivity contribution in [1.29, 1.82) is 0 Å². The van der Waals surface area contributed by atoms with Gasteiger partial charge in [-0.1, -0.05) is 0 Å². The fourth-order valence-electron chi connectivity index (χ4n) is 2.11. The third-order valence-corrected chi connectivity index (χ3v) is 3.32. The van der Waals surface area contributed by atoms with Crippen LogP contribution in [0.2, 0.25) is 0 Å². The highest BCUT2D eigenvalue weighted by Gasteiger charge is 2.33. The summed E-state index contributed by atoms with van der Waals surface area (Å²) in [6, 6.07) is 10.7. The first kappa shape index (κ1) is 16.7. The number of alkyl halides is 3. The molecule has 0 radical (unpaired) electrons. The largest absolute Gasteiger partial charge is 0.497 e. The van der Waals surface area contributed by atoms with Gasteiger partial charge in [-0.15, -0.1) is 0 Å². The Labute approximate surface area is 141 Å². The zero-order chi connectivity index (χ0) is 17.9. The molecule has 0 atom stereocenters. The molecule has 1 aromatic carbocycles. The highest BCUT2D eigenvalue weighted by atomic mass is 19.4. The third-order valence-electron chi connectivity index (χ3n) is 3.32. The first-order chi connectivity index (χ1) is 12.0. The van der Waals surface area contributed by atoms with Crippen molar-refractivity contribution >= 4 is 11.5 Å². The fourth-order valence-corrected chi connectivity index (χ4v) is 2.11. The Morgan fingerprint density at radius 2 is 1.64 bits per heavy atom. The van der Waals surface area contributed by atoms with Crippen molar-refractivity contribution in [2.45, 2.75) is 6.18 Å². The zero-order valence-corrected chi connectivity index (χ0v) is 13.1. The molecule has 0 saturated heterocycles. The molecule has 128 valence electrons. The molecule has 3 aromatic rings. The molecule has 2 aromatic heterocycles. The third kappa shape index (κ3) is 4.03. The number of methoxy groups -OCH3 is 1. The maximum absolute atomic E-state index is 13.2. The molecule has 0 aliphatic heterocycles. The van der Waals surface area contributed by atoms with Crippen LogP contribution in [0.25, 0.3) is 11.4 Å². The summed E-state index contributed by atoms with van der Waals surface area (Å²) in [6.45, 7) is 0. The standard InChI is InChI=1S/C17H13F3N4O/c1-25-13-4-2-12(3-5-13)22-15-10-14(17(18,19)20)23-16(24-15)11-6-8-21-9-7-11/h2-10H,1H3,(H,22,23,24). The second kappa shape index (κ2) is 6.76. The van der Waals surface area contributed by atoms with Gasteiger partial charge in [-0.3, -0.25) is 4.98 Å². The Morgan fingerprint density at radius 3 is 2.24 bits per heavy atom. The van der Waals surface area contributed by atoms with Crippen LogP contribution in [0, 0.1) is 0 Å². The molecular formula is C17H13F3N4O. The van der Waals surface area contributed by atoms with Crippen LogP contribution in [0.15, 0.2) is 54.9 Å². The first-order valence-electron chi connectivity index (χ1n) is 7.23. The van der Waals surface area contributed by atoms with E-state index >= 15 is 0 Å². The van der Waals surface area contributed by atoms with Gasteiger partial charge in [-0.05, 0) is 36.4 Å². The van der Waals surface area contributed by atoms with Crippen molar-refractivity contribution in [2.75, 3.05) is 12.4 Å². The summed E-state index contributed by atoms with van der Waals surface area (Å²) in [6.07, 6.45) is -1.65. The highest BCUT2D eigenvalue weighted by molar-refractivity contribution is 5.62. The van der Waals surface area contributed by atoms with Gasteiger partial charge in [0, 0.05) is 29.7 Å². The minimum Gasteiger partial charge on any atom is -0.497 e. The van der Waals surface area contributed by atoms with Gasteiger partial charge < -0.3 is 10.1 Å². The number of halogens is 3. The molecule has 0 aliphatic carbocycles. The number of benzene rings is 1. The molecule has 0 aliphatic rings. The molecular weight excluding hydrogens is 333 g/mol. The van der Waals surface area contributed by atoms with Gasteiger partial charge in [-0.25, -0.2) is 9.97 Å². The van der Waals surface area contributed by atoms with Crippen LogP contribution in [0.4, 0.5) is 24.7 Å². The molecule has 0 fully saturated rings. The first-order valence-corrected chi connectivity index (χ1v) is 7.23. The van der Waals surface area contributed by atoms with E-state index in [1.165, 1.54) is 19.5 Å². The molecule has 8 heteroatoms. The second-order valence-corrected chi connectivity index (χ2v) is 5.05. The van der Waals surface area contributed by atoms with Gasteiger partial charge in [0.1, 0.15) is 11.6 Å². The van der Waals surface area contributed by atoms with E-state index in [0.29, 0.717) is 17.0 Å². The van der Waals surface area contributed by atoms with Crippen LogP contribution in [-0.4, -0.2) is 22.1 Å². The maximum atomic E-state index is 13.2. The van der Waals surface area contributed by atoms with Crippen LogP contribution < -0.4 is 10.1 Å². The number of hydrogen-bond donors (Lipinski definition) is 1. The Kier molecular flexibility index (Phi) is 4.51. The summed E-state index contributed by atoms with van der Waals surface area (Å²) in [5, 5.41) is 2.86. The monoisotopic (exact) mass is 346 g/mol. The Hall–Kier alpha value is -3.16. The molecule has 0 amide bonds. The summed E-state index contributed by atoms with van der Waals surface area (Å²) in [4.78, 5) is 11.6. The van der Waals surface area contributed by atoms with E-state index < -0.39 is 11.9 Å². The lowest BCUT2D eigenvalue weighted by molar-refractivity contribution is -0.141. The van der Waals surface area contributed by atoms with Crippen LogP contribution in [0.1, 0.15) is 5.69 Å². The lowest BCUT2D eigenvalue weighted by Gasteiger charge is -2.12. The molecule has 0 saturated carbocycles. The van der Waals surface area contributed by atoms with Crippen molar-refractivity contribution in [2.24, 2.45) is 0 Å². The Balaban J connectivity index is 2.00. The van der Waals surface area contributed by atoms with E-state index in [9.17, 15) is 13.2 Å². The Morgan fingerprint density at radius 1 is 0.960 bits per heavy atom. The molecule has 5 nitrogen and oxygen atoms in total. The quantitative estimate of drug-likeness (QED) is 0.763. The predicted octanol–water partition coefficient (Wildman–Crippen LogP) is 4.31. The topological polar surface area (TPSA) is 59.9 Å². The van der Waals surface area contributed by atoms with Crippen LogP contribution >= 0.6 is 0 Å². The summed E-state index contributed by atoms with van der Waals surface area (Å²) >= 11 is 0. The predicted molar refractivity (Wildman–Crippen MR) is 86.5 cm³/mol. The van der Waals surface area contributed by atoms with E-state index in [1.807, 2.05) is 0 Å². The number of ether oxygens (including phenoxy) is 1. The molecule has 25 heavy (non-hydrogen) atoms. The summed E-state index contributed by atoms with van der Waals surface area (Å²) in [5.74, 6) is 0.647. The average molecular weight is 346 g/mol. The molecule has 3 rings (SSSR count). The normalized spacial score (nSPS) is 11.2. The van der Waals surface area contributed by atoms with Crippen LogP contribution in [-0.2, 0) is 6.18 Å². The van der Waals surface area contributed by atoms with Gasteiger partial charge >= 0.3 is 6.18 Å². The Bertz CT molecular complexity index is 852. The number of aromatic nitrogens is 3. The number of pyridine rings is 1. The number of rotatable bonds is 4. The van der Waals surface area contributed by atoms with Crippen molar-refractivity contribution in [3.05, 3.63) is 60.6 Å². The number of anilines is 2. The average Bonchev–Trinajstić information content (AvgIpc) is 2.62. The zero-order valence-electron chi connectivity index (χ0n) is 13.1. The fraction of sp³-hybridized carbons (Fsp3) is 0.118. The van der Waals surface area contributed by atoms with Crippen LogP contribution in [0.5, 0.6) is 5.75 Å². The van der Waals surface area contributed by atoms with Crippen LogP contribution in [0.3, 0.4) is 0 Å². The molecule has 2 heterocycles. The SMILES string of the molecule is COc1ccc(Nc2cc(C(F)(F)F)nc(-c3ccncc3)n2)cc1. The smallest absolute Gasteiger partial charge is 0.433 e. The lowest BCUT2D eigenvalue weighted by atomic mass is 10.2. The van der Waals surface area contributed by atoms with Gasteiger partial charge in [0.2, 0.25) is 0 Å². The van der Waals surface area contributed by atoms with Gasteiger partial charge in [-0.2, -0.15) is 13.2 Å². The van der Waals surface area contributed by atoms with E-state index in [1.54, 1.807) is 36.4 Å². The second-order valence-electron chi connectivity index (χ2n) is 5.05. The number of nitrogens with one attached hydrogen (secondary N) is 1. The van der Waals surface area contributed by atoms with E-state index in [-0.39, 0.29) is 11.6 Å². The van der Waals surface area contributed by atoms with Gasteiger partial charge in [0.05, 0.1) is 7.11 Å². The summed E-state index contributed by atoms with van der Waals surface area (Å²) < 4.78 is 44.5. The minimum absolute atomic E-state index is 0.0340. The molecule has 0 unspecified atom stereocenters. The number of hydrogen-bond acceptors (Lipinski definition) is 5. The lowest BCUT2D eigenvalue weighted by Crippen LogP contribution is -2.11. The van der Waals surface area contributed by atoms with E-state index in [2.05, 4.69) is 20.3 Å². The summed E-state index contributed by atoms with van der Waals surface area (Å²) in [7, 11) is 1.53. The number of nitrogens with zero attached hydrogens (tertiary/aromatic N) is 3.